The summed E-state index contributed by atoms with van der Waals surface area (Å²) in [6, 6.07) is 5.26. The fourth-order valence-corrected chi connectivity index (χ4v) is 3.73. The van der Waals surface area contributed by atoms with Gasteiger partial charge in [-0.3, -0.25) is 0 Å². The number of hydrogen-bond acceptors (Lipinski definition) is 6. The molecule has 1 aromatic rings. The van der Waals surface area contributed by atoms with Crippen molar-refractivity contribution in [2.45, 2.75) is 42.5 Å². The van der Waals surface area contributed by atoms with Crippen molar-refractivity contribution in [3.8, 4) is 0 Å². The average Bonchev–Trinajstić information content (AvgIpc) is 2.89. The van der Waals surface area contributed by atoms with Gasteiger partial charge in [-0.15, -0.1) is 0 Å². The van der Waals surface area contributed by atoms with E-state index in [1.165, 1.54) is 12.1 Å². The Morgan fingerprint density at radius 1 is 1.19 bits per heavy atom. The summed E-state index contributed by atoms with van der Waals surface area (Å²) in [7, 11) is -3.84. The maximum atomic E-state index is 12.3. The lowest BCUT2D eigenvalue weighted by molar-refractivity contribution is -0.181. The molecule has 0 saturated carbocycles. The quantitative estimate of drug-likeness (QED) is 0.669. The van der Waals surface area contributed by atoms with Crippen molar-refractivity contribution in [2.24, 2.45) is 0 Å². The van der Waals surface area contributed by atoms with Gasteiger partial charge in [0.1, 0.15) is 24.4 Å². The number of sulfonamides is 1. The summed E-state index contributed by atoms with van der Waals surface area (Å²) >= 11 is 0. The SMILES string of the molecule is Cc1ccc(S(=O)(=O)N[C@H]2[C@@H]3OC[C@@H](O3)[C@@H](O)[C@H]2O)cc1. The number of aliphatic hydroxyl groups is 2. The number of nitrogens with one attached hydrogen (secondary N) is 1. The summed E-state index contributed by atoms with van der Waals surface area (Å²) in [5, 5.41) is 19.9. The van der Waals surface area contributed by atoms with Crippen LogP contribution in [-0.2, 0) is 19.5 Å². The minimum atomic E-state index is -3.84. The molecule has 3 N–H and O–H groups in total. The summed E-state index contributed by atoms with van der Waals surface area (Å²) in [6.45, 7) is 1.98. The van der Waals surface area contributed by atoms with Crippen molar-refractivity contribution in [3.63, 3.8) is 0 Å². The minimum absolute atomic E-state index is 0.0786. The number of rotatable bonds is 3. The molecule has 7 nitrogen and oxygen atoms in total. The first kappa shape index (κ1) is 14.9. The van der Waals surface area contributed by atoms with Crippen molar-refractivity contribution >= 4 is 10.0 Å². The molecule has 116 valence electrons. The Labute approximate surface area is 122 Å². The molecule has 2 fully saturated rings. The molecule has 2 bridgehead atoms. The van der Waals surface area contributed by atoms with E-state index in [-0.39, 0.29) is 11.5 Å². The first-order chi connectivity index (χ1) is 9.88. The van der Waals surface area contributed by atoms with Gasteiger partial charge in [-0.1, -0.05) is 17.7 Å². The summed E-state index contributed by atoms with van der Waals surface area (Å²) in [6.07, 6.45) is -3.98. The van der Waals surface area contributed by atoms with Crippen molar-refractivity contribution in [3.05, 3.63) is 29.8 Å². The Hall–Kier alpha value is -1.03. The van der Waals surface area contributed by atoms with Crippen molar-refractivity contribution < 1.29 is 28.1 Å². The maximum absolute atomic E-state index is 12.3. The van der Waals surface area contributed by atoms with Gasteiger partial charge in [-0.05, 0) is 19.1 Å². The number of aliphatic hydroxyl groups excluding tert-OH is 2. The lowest BCUT2D eigenvalue weighted by atomic mass is 10.00. The molecule has 2 aliphatic rings. The van der Waals surface area contributed by atoms with Gasteiger partial charge in [0.15, 0.2) is 6.29 Å². The monoisotopic (exact) mass is 315 g/mol. The number of benzene rings is 1. The molecule has 0 radical (unpaired) electrons. The van der Waals surface area contributed by atoms with Crippen molar-refractivity contribution in [2.75, 3.05) is 6.61 Å². The molecule has 0 spiro atoms. The molecular formula is C13H17NO6S. The topological polar surface area (TPSA) is 105 Å². The van der Waals surface area contributed by atoms with E-state index in [9.17, 15) is 18.6 Å². The number of fused-ring (bicyclic) bond motifs is 2. The Morgan fingerprint density at radius 2 is 1.86 bits per heavy atom. The molecule has 0 aromatic heterocycles. The minimum Gasteiger partial charge on any atom is -0.388 e. The van der Waals surface area contributed by atoms with Gasteiger partial charge in [0.2, 0.25) is 10.0 Å². The average molecular weight is 315 g/mol. The van der Waals surface area contributed by atoms with E-state index in [2.05, 4.69) is 4.72 Å². The Kier molecular flexibility index (Phi) is 3.76. The molecule has 2 aliphatic heterocycles. The van der Waals surface area contributed by atoms with Crippen LogP contribution in [0, 0.1) is 6.92 Å². The zero-order valence-electron chi connectivity index (χ0n) is 11.3. The second-order valence-corrected chi connectivity index (χ2v) is 7.03. The number of hydrogen-bond donors (Lipinski definition) is 3. The third kappa shape index (κ3) is 2.70. The van der Waals surface area contributed by atoms with Crippen LogP contribution >= 0.6 is 0 Å². The van der Waals surface area contributed by atoms with Gasteiger partial charge in [0.25, 0.3) is 0 Å². The van der Waals surface area contributed by atoms with Crippen molar-refractivity contribution in [1.29, 1.82) is 0 Å². The molecule has 0 aliphatic carbocycles. The molecule has 8 heteroatoms. The van der Waals surface area contributed by atoms with Crippen LogP contribution in [0.5, 0.6) is 0 Å². The fourth-order valence-electron chi connectivity index (χ4n) is 2.49. The van der Waals surface area contributed by atoms with Crippen LogP contribution in [-0.4, -0.2) is 55.9 Å². The van der Waals surface area contributed by atoms with E-state index >= 15 is 0 Å². The predicted octanol–water partition coefficient (Wildman–Crippen LogP) is -0.881. The number of aryl methyl sites for hydroxylation is 1. The van der Waals surface area contributed by atoms with Crippen LogP contribution in [0.4, 0.5) is 0 Å². The Morgan fingerprint density at radius 3 is 2.52 bits per heavy atom. The maximum Gasteiger partial charge on any atom is 0.241 e. The van der Waals surface area contributed by atoms with Crippen LogP contribution in [0.25, 0.3) is 0 Å². The first-order valence-electron chi connectivity index (χ1n) is 6.61. The molecule has 0 amide bonds. The molecule has 0 unspecified atom stereocenters. The van der Waals surface area contributed by atoms with Gasteiger partial charge >= 0.3 is 0 Å². The predicted molar refractivity (Wildman–Crippen MR) is 71.9 cm³/mol. The third-order valence-corrected chi connectivity index (χ3v) is 5.22. The summed E-state index contributed by atoms with van der Waals surface area (Å²) < 4.78 is 37.6. The first-order valence-corrected chi connectivity index (χ1v) is 8.09. The third-order valence-electron chi connectivity index (χ3n) is 3.75. The smallest absolute Gasteiger partial charge is 0.241 e. The summed E-state index contributed by atoms with van der Waals surface area (Å²) in [5.41, 5.74) is 0.937. The fraction of sp³-hybridized carbons (Fsp3) is 0.538. The number of ether oxygens (including phenoxy) is 2. The van der Waals surface area contributed by atoms with Gasteiger partial charge in [0, 0.05) is 0 Å². The van der Waals surface area contributed by atoms with Gasteiger partial charge < -0.3 is 19.7 Å². The van der Waals surface area contributed by atoms with Gasteiger partial charge in [0.05, 0.1) is 11.5 Å². The second-order valence-electron chi connectivity index (χ2n) is 5.32. The lowest BCUT2D eigenvalue weighted by Crippen LogP contribution is -2.60. The molecular weight excluding hydrogens is 298 g/mol. The van der Waals surface area contributed by atoms with E-state index in [4.69, 9.17) is 9.47 Å². The summed E-state index contributed by atoms with van der Waals surface area (Å²) in [5.74, 6) is 0. The summed E-state index contributed by atoms with van der Waals surface area (Å²) in [4.78, 5) is 0.0786. The van der Waals surface area contributed by atoms with E-state index in [1.807, 2.05) is 6.92 Å². The Bertz CT molecular complexity index is 616. The van der Waals surface area contributed by atoms with E-state index in [0.717, 1.165) is 5.56 Å². The van der Waals surface area contributed by atoms with Crippen LogP contribution in [0.3, 0.4) is 0 Å². The highest BCUT2D eigenvalue weighted by Gasteiger charge is 2.50. The highest BCUT2D eigenvalue weighted by molar-refractivity contribution is 7.89. The molecule has 2 saturated heterocycles. The van der Waals surface area contributed by atoms with E-state index < -0.39 is 40.7 Å². The zero-order valence-corrected chi connectivity index (χ0v) is 12.2. The molecule has 5 atom stereocenters. The van der Waals surface area contributed by atoms with E-state index in [0.29, 0.717) is 0 Å². The van der Waals surface area contributed by atoms with E-state index in [1.54, 1.807) is 12.1 Å². The normalized spacial score (nSPS) is 35.9. The molecule has 1 aromatic carbocycles. The molecule has 2 heterocycles. The van der Waals surface area contributed by atoms with Crippen LogP contribution < -0.4 is 4.72 Å². The lowest BCUT2D eigenvalue weighted by Gasteiger charge is -2.35. The Balaban J connectivity index is 1.83. The zero-order chi connectivity index (χ0) is 15.2. The highest BCUT2D eigenvalue weighted by atomic mass is 32.2. The molecule has 3 rings (SSSR count). The van der Waals surface area contributed by atoms with Crippen LogP contribution in [0.2, 0.25) is 0 Å². The standard InChI is InChI=1S/C13H17NO6S/c1-7-2-4-8(5-3-7)21(17,18)14-10-12(16)11(15)9-6-19-13(10)20-9/h2-5,9-16H,6H2,1H3/t9-,10-,11-,12+,13-/m1/s1. The van der Waals surface area contributed by atoms with Crippen LogP contribution in [0.15, 0.2) is 29.2 Å². The second kappa shape index (κ2) is 5.31. The molecule has 21 heavy (non-hydrogen) atoms. The van der Waals surface area contributed by atoms with Gasteiger partial charge in [-0.2, -0.15) is 0 Å². The van der Waals surface area contributed by atoms with Gasteiger partial charge in [-0.25, -0.2) is 13.1 Å². The van der Waals surface area contributed by atoms with Crippen molar-refractivity contribution in [1.82, 2.24) is 4.72 Å². The van der Waals surface area contributed by atoms with Crippen LogP contribution in [0.1, 0.15) is 5.56 Å². The largest absolute Gasteiger partial charge is 0.388 e. The highest BCUT2D eigenvalue weighted by Crippen LogP contribution is 2.29.